The van der Waals surface area contributed by atoms with Crippen molar-refractivity contribution in [3.63, 3.8) is 0 Å². The van der Waals surface area contributed by atoms with Gasteiger partial charge in [-0.25, -0.2) is 4.39 Å². The summed E-state index contributed by atoms with van der Waals surface area (Å²) in [5, 5.41) is 7.77. The fraction of sp³-hybridized carbons (Fsp3) is 0.0667. The van der Waals surface area contributed by atoms with E-state index in [2.05, 4.69) is 10.2 Å². The molecule has 0 atom stereocenters. The third-order valence-corrected chi connectivity index (χ3v) is 2.85. The minimum absolute atomic E-state index is 0.0132. The van der Waals surface area contributed by atoms with Gasteiger partial charge in [0.25, 0.3) is 5.89 Å². The molecule has 21 heavy (non-hydrogen) atoms. The van der Waals surface area contributed by atoms with E-state index in [1.165, 1.54) is 12.1 Å². The Labute approximate surface area is 120 Å². The lowest BCUT2D eigenvalue weighted by atomic mass is 10.2. The molecule has 0 saturated heterocycles. The molecule has 0 radical (unpaired) electrons. The summed E-state index contributed by atoms with van der Waals surface area (Å²) in [6, 6.07) is 13.3. The average molecular weight is 285 g/mol. The Hall–Kier alpha value is -2.89. The van der Waals surface area contributed by atoms with Crippen LogP contribution in [0, 0.1) is 5.82 Å². The highest BCUT2D eigenvalue weighted by Gasteiger charge is 2.12. The molecule has 0 fully saturated rings. The number of para-hydroxylation sites is 2. The van der Waals surface area contributed by atoms with E-state index in [0.29, 0.717) is 17.1 Å². The molecular formula is C15H12FN3O2. The molecule has 1 aromatic heterocycles. The minimum atomic E-state index is -0.440. The van der Waals surface area contributed by atoms with Crippen LogP contribution in [0.4, 0.5) is 10.1 Å². The number of hydrogen-bond donors (Lipinski definition) is 1. The van der Waals surface area contributed by atoms with Gasteiger partial charge in [-0.15, -0.1) is 10.2 Å². The van der Waals surface area contributed by atoms with Gasteiger partial charge >= 0.3 is 0 Å². The molecule has 0 aliphatic heterocycles. The number of aromatic nitrogens is 2. The van der Waals surface area contributed by atoms with Gasteiger partial charge in [-0.1, -0.05) is 24.3 Å². The van der Waals surface area contributed by atoms with Crippen molar-refractivity contribution < 1.29 is 13.5 Å². The van der Waals surface area contributed by atoms with Crippen LogP contribution < -0.4 is 10.5 Å². The molecule has 2 N–H and O–H groups in total. The first kappa shape index (κ1) is 13.1. The zero-order valence-corrected chi connectivity index (χ0v) is 11.0. The molecule has 0 amide bonds. The number of anilines is 1. The number of nitrogens with zero attached hydrogens (tertiary/aromatic N) is 2. The minimum Gasteiger partial charge on any atom is -0.481 e. The van der Waals surface area contributed by atoms with Gasteiger partial charge in [0.1, 0.15) is 0 Å². The van der Waals surface area contributed by atoms with Crippen LogP contribution in [-0.2, 0) is 6.61 Å². The van der Waals surface area contributed by atoms with Crippen LogP contribution >= 0.6 is 0 Å². The largest absolute Gasteiger partial charge is 0.481 e. The molecule has 0 aliphatic carbocycles. The topological polar surface area (TPSA) is 74.2 Å². The van der Waals surface area contributed by atoms with Crippen LogP contribution in [0.3, 0.4) is 0 Å². The Morgan fingerprint density at radius 1 is 1.05 bits per heavy atom. The lowest BCUT2D eigenvalue weighted by Gasteiger charge is -2.03. The molecule has 3 rings (SSSR count). The molecule has 0 aliphatic rings. The van der Waals surface area contributed by atoms with Gasteiger partial charge in [-0.3, -0.25) is 0 Å². The van der Waals surface area contributed by atoms with E-state index in [4.69, 9.17) is 14.9 Å². The van der Waals surface area contributed by atoms with Gasteiger partial charge in [0, 0.05) is 5.69 Å². The Kier molecular flexibility index (Phi) is 3.51. The molecule has 106 valence electrons. The van der Waals surface area contributed by atoms with Crippen LogP contribution in [0.5, 0.6) is 5.75 Å². The average Bonchev–Trinajstić information content (AvgIpc) is 2.96. The third-order valence-electron chi connectivity index (χ3n) is 2.85. The fourth-order valence-corrected chi connectivity index (χ4v) is 1.81. The van der Waals surface area contributed by atoms with Crippen LogP contribution in [-0.4, -0.2) is 10.2 Å². The zero-order chi connectivity index (χ0) is 14.7. The summed E-state index contributed by atoms with van der Waals surface area (Å²) in [4.78, 5) is 0. The Bertz CT molecular complexity index is 758. The molecule has 1 heterocycles. The lowest BCUT2D eigenvalue weighted by molar-refractivity contribution is 0.253. The molecular weight excluding hydrogens is 273 g/mol. The van der Waals surface area contributed by atoms with Crippen LogP contribution in [0.2, 0.25) is 0 Å². The summed E-state index contributed by atoms with van der Waals surface area (Å²) in [5.41, 5.74) is 7.04. The second-order valence-electron chi connectivity index (χ2n) is 4.31. The first-order valence-electron chi connectivity index (χ1n) is 6.28. The quantitative estimate of drug-likeness (QED) is 0.746. The molecule has 6 heteroatoms. The summed E-state index contributed by atoms with van der Waals surface area (Å²) in [6.45, 7) is -0.0132. The van der Waals surface area contributed by atoms with Crippen molar-refractivity contribution in [3.8, 4) is 17.2 Å². The number of halogens is 1. The summed E-state index contributed by atoms with van der Waals surface area (Å²) in [7, 11) is 0. The van der Waals surface area contributed by atoms with Crippen molar-refractivity contribution >= 4 is 5.69 Å². The normalized spacial score (nSPS) is 10.5. The fourth-order valence-electron chi connectivity index (χ4n) is 1.81. The molecule has 0 unspecified atom stereocenters. The lowest BCUT2D eigenvalue weighted by Crippen LogP contribution is -1.97. The first-order valence-corrected chi connectivity index (χ1v) is 6.28. The third kappa shape index (κ3) is 2.84. The Balaban J connectivity index is 1.74. The van der Waals surface area contributed by atoms with E-state index < -0.39 is 5.82 Å². The zero-order valence-electron chi connectivity index (χ0n) is 11.0. The Morgan fingerprint density at radius 3 is 2.62 bits per heavy atom. The summed E-state index contributed by atoms with van der Waals surface area (Å²) in [6.07, 6.45) is 0. The second-order valence-corrected chi connectivity index (χ2v) is 4.31. The van der Waals surface area contributed by atoms with Crippen molar-refractivity contribution in [1.29, 1.82) is 0 Å². The van der Waals surface area contributed by atoms with Gasteiger partial charge in [-0.2, -0.15) is 0 Å². The summed E-state index contributed by atoms with van der Waals surface area (Å²) >= 11 is 0. The number of hydrogen-bond acceptors (Lipinski definition) is 5. The SMILES string of the molecule is Nc1ccccc1-c1nnc(COc2ccccc2F)o1. The number of benzene rings is 2. The van der Waals surface area contributed by atoms with E-state index in [-0.39, 0.29) is 18.2 Å². The molecule has 0 spiro atoms. The number of ether oxygens (including phenoxy) is 1. The highest BCUT2D eigenvalue weighted by molar-refractivity contribution is 5.69. The van der Waals surface area contributed by atoms with Crippen molar-refractivity contribution in [2.75, 3.05) is 5.73 Å². The Morgan fingerprint density at radius 2 is 1.81 bits per heavy atom. The van der Waals surface area contributed by atoms with Crippen LogP contribution in [0.15, 0.2) is 52.9 Å². The second kappa shape index (κ2) is 5.62. The summed E-state index contributed by atoms with van der Waals surface area (Å²) < 4.78 is 24.2. The molecule has 2 aromatic carbocycles. The summed E-state index contributed by atoms with van der Waals surface area (Å²) in [5.74, 6) is 0.248. The molecule has 5 nitrogen and oxygen atoms in total. The van der Waals surface area contributed by atoms with Gasteiger partial charge in [0.15, 0.2) is 18.2 Å². The molecule has 0 bridgehead atoms. The van der Waals surface area contributed by atoms with Crippen molar-refractivity contribution in [2.45, 2.75) is 6.61 Å². The van der Waals surface area contributed by atoms with E-state index in [9.17, 15) is 4.39 Å². The van der Waals surface area contributed by atoms with E-state index in [0.717, 1.165) is 0 Å². The standard InChI is InChI=1S/C15H12FN3O2/c16-11-6-2-4-8-13(11)20-9-14-18-19-15(21-14)10-5-1-3-7-12(10)17/h1-8H,9,17H2. The number of rotatable bonds is 4. The number of nitrogen functional groups attached to an aromatic ring is 1. The van der Waals surface area contributed by atoms with E-state index >= 15 is 0 Å². The van der Waals surface area contributed by atoms with Gasteiger partial charge in [-0.05, 0) is 24.3 Å². The van der Waals surface area contributed by atoms with Gasteiger partial charge < -0.3 is 14.9 Å². The van der Waals surface area contributed by atoms with Crippen molar-refractivity contribution in [2.24, 2.45) is 0 Å². The maximum Gasteiger partial charge on any atom is 0.254 e. The van der Waals surface area contributed by atoms with Crippen molar-refractivity contribution in [3.05, 3.63) is 60.2 Å². The maximum atomic E-state index is 13.4. The van der Waals surface area contributed by atoms with Crippen LogP contribution in [0.25, 0.3) is 11.5 Å². The van der Waals surface area contributed by atoms with E-state index in [1.54, 1.807) is 24.3 Å². The van der Waals surface area contributed by atoms with E-state index in [1.807, 2.05) is 12.1 Å². The smallest absolute Gasteiger partial charge is 0.254 e. The predicted molar refractivity (Wildman–Crippen MR) is 74.9 cm³/mol. The van der Waals surface area contributed by atoms with Crippen molar-refractivity contribution in [1.82, 2.24) is 10.2 Å². The first-order chi connectivity index (χ1) is 10.2. The van der Waals surface area contributed by atoms with Gasteiger partial charge in [0.2, 0.25) is 5.89 Å². The van der Waals surface area contributed by atoms with Crippen LogP contribution in [0.1, 0.15) is 5.89 Å². The highest BCUT2D eigenvalue weighted by Crippen LogP contribution is 2.24. The molecule has 3 aromatic rings. The van der Waals surface area contributed by atoms with Gasteiger partial charge in [0.05, 0.1) is 5.56 Å². The maximum absolute atomic E-state index is 13.4. The molecule has 0 saturated carbocycles. The number of nitrogens with two attached hydrogens (primary N) is 1. The monoisotopic (exact) mass is 285 g/mol. The predicted octanol–water partition coefficient (Wildman–Crippen LogP) is 3.04. The highest BCUT2D eigenvalue weighted by atomic mass is 19.1.